The molecule has 2 aromatic rings. The van der Waals surface area contributed by atoms with Crippen molar-refractivity contribution in [3.8, 4) is 0 Å². The predicted octanol–water partition coefficient (Wildman–Crippen LogP) is 5.30. The number of aliphatic hydroxyl groups is 1. The minimum Gasteiger partial charge on any atom is -0.465 e. The van der Waals surface area contributed by atoms with Crippen molar-refractivity contribution >= 4 is 33.9 Å². The Hall–Kier alpha value is -2.42. The molecule has 202 valence electrons. The van der Waals surface area contributed by atoms with Crippen LogP contribution in [0.1, 0.15) is 78.4 Å². The molecule has 3 atom stereocenters. The van der Waals surface area contributed by atoms with Crippen LogP contribution in [0.15, 0.2) is 24.3 Å². The van der Waals surface area contributed by atoms with E-state index in [1.54, 1.807) is 0 Å². The van der Waals surface area contributed by atoms with E-state index in [1.807, 2.05) is 13.8 Å². The van der Waals surface area contributed by atoms with Gasteiger partial charge in [0.05, 0.1) is 24.8 Å². The van der Waals surface area contributed by atoms with Crippen LogP contribution in [0.2, 0.25) is 0 Å². The molecule has 1 aliphatic carbocycles. The molecule has 8 heteroatoms. The van der Waals surface area contributed by atoms with Gasteiger partial charge in [-0.25, -0.2) is 4.79 Å². The Kier molecular flexibility index (Phi) is 8.61. The lowest BCUT2D eigenvalue weighted by Crippen LogP contribution is -2.56. The molecule has 37 heavy (non-hydrogen) atoms. The molecule has 0 radical (unpaired) electrons. The fourth-order valence-corrected chi connectivity index (χ4v) is 7.31. The van der Waals surface area contributed by atoms with E-state index >= 15 is 0 Å². The average molecular weight is 528 g/mol. The van der Waals surface area contributed by atoms with Gasteiger partial charge in [0.1, 0.15) is 5.00 Å². The molecular formula is C29H41N3O4S. The third-order valence-electron chi connectivity index (χ3n) is 8.41. The first-order valence-electron chi connectivity index (χ1n) is 13.5. The highest BCUT2D eigenvalue weighted by atomic mass is 32.1. The van der Waals surface area contributed by atoms with Gasteiger partial charge in [0.25, 0.3) is 0 Å². The number of hydrogen-bond acceptors (Lipinski definition) is 7. The fraction of sp³-hybridized carbons (Fsp3) is 0.586. The second-order valence-electron chi connectivity index (χ2n) is 10.4. The van der Waals surface area contributed by atoms with Crippen molar-refractivity contribution in [2.24, 2.45) is 5.92 Å². The second-order valence-corrected chi connectivity index (χ2v) is 11.6. The summed E-state index contributed by atoms with van der Waals surface area (Å²) in [5.74, 6) is -0.509. The molecule has 2 heterocycles. The summed E-state index contributed by atoms with van der Waals surface area (Å²) in [6.45, 7) is 10.9. The molecule has 1 aliphatic heterocycles. The summed E-state index contributed by atoms with van der Waals surface area (Å²) in [6, 6.07) is 8.63. The number of fused-ring (bicyclic) bond motifs is 1. The quantitative estimate of drug-likeness (QED) is 0.453. The highest BCUT2D eigenvalue weighted by Gasteiger charge is 2.49. The zero-order valence-electron chi connectivity index (χ0n) is 22.8. The van der Waals surface area contributed by atoms with Crippen molar-refractivity contribution in [1.29, 1.82) is 0 Å². The third-order valence-corrected chi connectivity index (χ3v) is 9.53. The number of rotatable bonds is 8. The number of amides is 1. The van der Waals surface area contributed by atoms with Crippen molar-refractivity contribution in [2.45, 2.75) is 71.4 Å². The van der Waals surface area contributed by atoms with Gasteiger partial charge in [0.2, 0.25) is 5.91 Å². The highest BCUT2D eigenvalue weighted by molar-refractivity contribution is 7.16. The van der Waals surface area contributed by atoms with E-state index in [0.717, 1.165) is 54.8 Å². The predicted molar refractivity (Wildman–Crippen MR) is 150 cm³/mol. The Labute approximate surface area is 224 Å². The Morgan fingerprint density at radius 1 is 1.16 bits per heavy atom. The molecule has 1 saturated heterocycles. The van der Waals surface area contributed by atoms with Crippen molar-refractivity contribution in [2.75, 3.05) is 43.5 Å². The summed E-state index contributed by atoms with van der Waals surface area (Å²) < 4.78 is 4.97. The third kappa shape index (κ3) is 5.56. The number of likely N-dealkylation sites (tertiary alicyclic amines) is 1. The Balaban J connectivity index is 1.60. The molecule has 7 nitrogen and oxygen atoms in total. The van der Waals surface area contributed by atoms with Gasteiger partial charge in [-0.15, -0.1) is 11.3 Å². The van der Waals surface area contributed by atoms with Gasteiger partial charge in [-0.2, -0.15) is 0 Å². The van der Waals surface area contributed by atoms with E-state index < -0.39 is 11.6 Å². The lowest BCUT2D eigenvalue weighted by atomic mass is 9.66. The molecule has 2 aliphatic rings. The number of nitrogens with zero attached hydrogens (tertiary/aromatic N) is 2. The number of carbonyl (C=O) groups excluding carboxylic acids is 2. The maximum Gasteiger partial charge on any atom is 0.341 e. The van der Waals surface area contributed by atoms with Crippen LogP contribution in [0.25, 0.3) is 0 Å². The van der Waals surface area contributed by atoms with Crippen LogP contribution in [0.5, 0.6) is 0 Å². The van der Waals surface area contributed by atoms with Crippen LogP contribution >= 0.6 is 11.3 Å². The van der Waals surface area contributed by atoms with Crippen LogP contribution in [0.4, 0.5) is 10.7 Å². The van der Waals surface area contributed by atoms with E-state index in [1.165, 1.54) is 24.1 Å². The molecule has 2 fully saturated rings. The fourth-order valence-electron chi connectivity index (χ4n) is 6.25. The average Bonchev–Trinajstić information content (AvgIpc) is 3.17. The van der Waals surface area contributed by atoms with Gasteiger partial charge in [0, 0.05) is 42.2 Å². The van der Waals surface area contributed by atoms with E-state index in [4.69, 9.17) is 4.74 Å². The molecule has 4 rings (SSSR count). The molecule has 0 spiro atoms. The van der Waals surface area contributed by atoms with E-state index in [-0.39, 0.29) is 24.4 Å². The zero-order valence-corrected chi connectivity index (χ0v) is 23.6. The van der Waals surface area contributed by atoms with E-state index in [0.29, 0.717) is 23.5 Å². The summed E-state index contributed by atoms with van der Waals surface area (Å²) in [5.41, 5.74) is 2.91. The SMILES string of the molecule is CCN(CC)c1ccc([C@H]2[C@@H]3CCCC[C@]3(O)CCN2CC(=O)Nc2sc(C)c(C)c2C(=O)OC)cc1. The minimum absolute atomic E-state index is 0.0394. The van der Waals surface area contributed by atoms with Gasteiger partial charge in [-0.1, -0.05) is 25.0 Å². The molecule has 0 bridgehead atoms. The summed E-state index contributed by atoms with van der Waals surface area (Å²) in [5, 5.41) is 15.1. The normalized spacial score (nSPS) is 23.8. The van der Waals surface area contributed by atoms with E-state index in [2.05, 4.69) is 53.2 Å². The first-order chi connectivity index (χ1) is 17.7. The van der Waals surface area contributed by atoms with Crippen LogP contribution in [-0.2, 0) is 9.53 Å². The second kappa shape index (κ2) is 11.5. The number of anilines is 2. The van der Waals surface area contributed by atoms with Gasteiger partial charge < -0.3 is 20.1 Å². The van der Waals surface area contributed by atoms with Crippen LogP contribution < -0.4 is 10.2 Å². The van der Waals surface area contributed by atoms with Crippen molar-refractivity contribution in [3.05, 3.63) is 45.8 Å². The summed E-state index contributed by atoms with van der Waals surface area (Å²) in [4.78, 5) is 31.2. The minimum atomic E-state index is -0.687. The van der Waals surface area contributed by atoms with Crippen molar-refractivity contribution in [3.63, 3.8) is 0 Å². The van der Waals surface area contributed by atoms with Crippen molar-refractivity contribution < 1.29 is 19.4 Å². The Bertz CT molecular complexity index is 1110. The van der Waals surface area contributed by atoms with Crippen molar-refractivity contribution in [1.82, 2.24) is 4.90 Å². The maximum absolute atomic E-state index is 13.3. The smallest absolute Gasteiger partial charge is 0.341 e. The summed E-state index contributed by atoms with van der Waals surface area (Å²) >= 11 is 1.40. The van der Waals surface area contributed by atoms with Gasteiger partial charge in [-0.3, -0.25) is 9.69 Å². The molecule has 1 aromatic carbocycles. The highest BCUT2D eigenvalue weighted by Crippen LogP contribution is 2.49. The molecule has 1 aromatic heterocycles. The number of nitrogens with one attached hydrogen (secondary N) is 1. The first-order valence-corrected chi connectivity index (χ1v) is 14.3. The number of piperidine rings is 1. The van der Waals surface area contributed by atoms with E-state index in [9.17, 15) is 14.7 Å². The topological polar surface area (TPSA) is 82.1 Å². The number of aryl methyl sites for hydroxylation is 1. The monoisotopic (exact) mass is 527 g/mol. The lowest BCUT2D eigenvalue weighted by Gasteiger charge is -2.52. The van der Waals surface area contributed by atoms with Gasteiger partial charge in [0.15, 0.2) is 0 Å². The molecule has 2 N–H and O–H groups in total. The number of methoxy groups -OCH3 is 1. The maximum atomic E-state index is 13.3. The Morgan fingerprint density at radius 2 is 1.86 bits per heavy atom. The number of carbonyl (C=O) groups is 2. The molecule has 0 unspecified atom stereocenters. The number of esters is 1. The molecule has 1 saturated carbocycles. The van der Waals surface area contributed by atoms with Crippen LogP contribution in [-0.4, -0.2) is 60.8 Å². The number of hydrogen-bond donors (Lipinski definition) is 2. The molecular weight excluding hydrogens is 486 g/mol. The van der Waals surface area contributed by atoms with Crippen LogP contribution in [0.3, 0.4) is 0 Å². The number of benzene rings is 1. The van der Waals surface area contributed by atoms with Gasteiger partial charge >= 0.3 is 5.97 Å². The zero-order chi connectivity index (χ0) is 26.7. The summed E-state index contributed by atoms with van der Waals surface area (Å²) in [6.07, 6.45) is 4.59. The van der Waals surface area contributed by atoms with Crippen LogP contribution in [0, 0.1) is 19.8 Å². The van der Waals surface area contributed by atoms with Gasteiger partial charge in [-0.05, 0) is 70.2 Å². The standard InChI is InChI=1S/C29H41N3O4S/c1-6-31(7-2)22-13-11-21(12-14-22)26-23-10-8-9-15-29(23,35)16-17-32(26)18-24(33)30-27-25(28(34)36-5)19(3)20(4)37-27/h11-14,23,26,35H,6-10,15-18H2,1-5H3,(H,30,33)/t23-,26-,29-/m0/s1. The largest absolute Gasteiger partial charge is 0.465 e. The lowest BCUT2D eigenvalue weighted by molar-refractivity contribution is -0.135. The number of ether oxygens (including phenoxy) is 1. The Morgan fingerprint density at radius 3 is 2.51 bits per heavy atom. The summed E-state index contributed by atoms with van der Waals surface area (Å²) in [7, 11) is 1.36. The number of thiophene rings is 1. The first kappa shape index (κ1) is 27.6. The molecule has 1 amide bonds.